The lowest BCUT2D eigenvalue weighted by Gasteiger charge is -2.09. The van der Waals surface area contributed by atoms with Crippen LogP contribution in [0.25, 0.3) is 0 Å². The maximum absolute atomic E-state index is 12.2. The molecule has 0 fully saturated rings. The van der Waals surface area contributed by atoms with Crippen molar-refractivity contribution in [1.29, 1.82) is 0 Å². The summed E-state index contributed by atoms with van der Waals surface area (Å²) in [5.41, 5.74) is 3.22. The summed E-state index contributed by atoms with van der Waals surface area (Å²) in [6, 6.07) is 8.09. The fourth-order valence-electron chi connectivity index (χ4n) is 1.50. The Bertz CT molecular complexity index is 666. The van der Waals surface area contributed by atoms with Gasteiger partial charge in [-0.25, -0.2) is 10.8 Å². The maximum Gasteiger partial charge on any atom is 0.255 e. The SMILES string of the molecule is NNc1cc(C(=O)Nc2cccc(Cl)c2Br)cc(Cl)n1. The van der Waals surface area contributed by atoms with Crippen LogP contribution in [0.5, 0.6) is 0 Å². The molecule has 1 aromatic heterocycles. The van der Waals surface area contributed by atoms with Gasteiger partial charge in [-0.2, -0.15) is 0 Å². The van der Waals surface area contributed by atoms with Crippen molar-refractivity contribution < 1.29 is 4.79 Å². The van der Waals surface area contributed by atoms with Crippen molar-refractivity contribution in [2.45, 2.75) is 0 Å². The molecule has 104 valence electrons. The summed E-state index contributed by atoms with van der Waals surface area (Å²) in [6.45, 7) is 0. The van der Waals surface area contributed by atoms with E-state index in [1.54, 1.807) is 18.2 Å². The molecular weight excluding hydrogens is 367 g/mol. The highest BCUT2D eigenvalue weighted by atomic mass is 79.9. The summed E-state index contributed by atoms with van der Waals surface area (Å²) in [5, 5.41) is 3.38. The van der Waals surface area contributed by atoms with Gasteiger partial charge in [0.2, 0.25) is 0 Å². The number of aromatic nitrogens is 1. The Morgan fingerprint density at radius 3 is 2.75 bits per heavy atom. The maximum atomic E-state index is 12.2. The minimum Gasteiger partial charge on any atom is -0.321 e. The van der Waals surface area contributed by atoms with Crippen LogP contribution in [0.15, 0.2) is 34.8 Å². The van der Waals surface area contributed by atoms with Crippen molar-refractivity contribution >= 4 is 56.5 Å². The number of benzene rings is 1. The van der Waals surface area contributed by atoms with Gasteiger partial charge in [-0.3, -0.25) is 4.79 Å². The zero-order chi connectivity index (χ0) is 14.7. The Labute approximate surface area is 133 Å². The van der Waals surface area contributed by atoms with E-state index in [0.29, 0.717) is 26.6 Å². The summed E-state index contributed by atoms with van der Waals surface area (Å²) < 4.78 is 0.604. The highest BCUT2D eigenvalue weighted by Gasteiger charge is 2.12. The number of hydrazine groups is 1. The molecule has 1 aromatic carbocycles. The third kappa shape index (κ3) is 3.40. The van der Waals surface area contributed by atoms with Gasteiger partial charge in [0, 0.05) is 5.56 Å². The number of hydrogen-bond donors (Lipinski definition) is 3. The van der Waals surface area contributed by atoms with E-state index < -0.39 is 0 Å². The molecule has 0 radical (unpaired) electrons. The summed E-state index contributed by atoms with van der Waals surface area (Å²) >= 11 is 15.1. The quantitative estimate of drug-likeness (QED) is 0.434. The fourth-order valence-corrected chi connectivity index (χ4v) is 2.24. The molecule has 0 unspecified atom stereocenters. The number of hydrogen-bond acceptors (Lipinski definition) is 4. The van der Waals surface area contributed by atoms with E-state index in [2.05, 4.69) is 31.7 Å². The molecule has 0 aliphatic rings. The van der Waals surface area contributed by atoms with E-state index in [1.165, 1.54) is 12.1 Å². The monoisotopic (exact) mass is 374 g/mol. The van der Waals surface area contributed by atoms with Crippen molar-refractivity contribution in [2.75, 3.05) is 10.7 Å². The average Bonchev–Trinajstić information content (AvgIpc) is 2.43. The van der Waals surface area contributed by atoms with Crippen molar-refractivity contribution in [3.63, 3.8) is 0 Å². The molecule has 20 heavy (non-hydrogen) atoms. The lowest BCUT2D eigenvalue weighted by Crippen LogP contribution is -2.15. The van der Waals surface area contributed by atoms with Gasteiger partial charge >= 0.3 is 0 Å². The fraction of sp³-hybridized carbons (Fsp3) is 0. The molecule has 0 atom stereocenters. The molecule has 0 saturated heterocycles. The van der Waals surface area contributed by atoms with Gasteiger partial charge < -0.3 is 10.7 Å². The minimum atomic E-state index is -0.353. The molecule has 1 amide bonds. The summed E-state index contributed by atoms with van der Waals surface area (Å²) in [5.74, 6) is 5.20. The molecular formula is C12H9BrCl2N4O. The number of carbonyl (C=O) groups excluding carboxylic acids is 1. The second kappa shape index (κ2) is 6.41. The lowest BCUT2D eigenvalue weighted by molar-refractivity contribution is 0.102. The van der Waals surface area contributed by atoms with Crippen LogP contribution >= 0.6 is 39.1 Å². The Kier molecular flexibility index (Phi) is 4.82. The van der Waals surface area contributed by atoms with Crippen LogP contribution in [0, 0.1) is 0 Å². The van der Waals surface area contributed by atoms with E-state index in [4.69, 9.17) is 29.0 Å². The molecule has 0 spiro atoms. The molecule has 0 aliphatic heterocycles. The molecule has 8 heteroatoms. The normalized spacial score (nSPS) is 10.2. The number of amides is 1. The first-order valence-electron chi connectivity index (χ1n) is 5.41. The van der Waals surface area contributed by atoms with Crippen LogP contribution in [0.1, 0.15) is 10.4 Å². The van der Waals surface area contributed by atoms with Gasteiger partial charge in [0.1, 0.15) is 11.0 Å². The average molecular weight is 376 g/mol. The van der Waals surface area contributed by atoms with Crippen LogP contribution in [0.4, 0.5) is 11.5 Å². The topological polar surface area (TPSA) is 80.0 Å². The smallest absolute Gasteiger partial charge is 0.255 e. The Morgan fingerprint density at radius 1 is 1.30 bits per heavy atom. The van der Waals surface area contributed by atoms with Gasteiger partial charge in [0.25, 0.3) is 5.91 Å². The predicted octanol–water partition coefficient (Wildman–Crippen LogP) is 3.69. The van der Waals surface area contributed by atoms with E-state index in [0.717, 1.165) is 0 Å². The molecule has 4 N–H and O–H groups in total. The third-order valence-corrected chi connectivity index (χ3v) is 4.00. The van der Waals surface area contributed by atoms with Crippen LogP contribution < -0.4 is 16.6 Å². The zero-order valence-electron chi connectivity index (χ0n) is 9.95. The van der Waals surface area contributed by atoms with E-state index >= 15 is 0 Å². The van der Waals surface area contributed by atoms with Gasteiger partial charge in [0.15, 0.2) is 0 Å². The second-order valence-corrected chi connectivity index (χ2v) is 5.35. The summed E-state index contributed by atoms with van der Waals surface area (Å²) in [6.07, 6.45) is 0. The van der Waals surface area contributed by atoms with E-state index in [-0.39, 0.29) is 11.1 Å². The van der Waals surface area contributed by atoms with E-state index in [9.17, 15) is 4.79 Å². The van der Waals surface area contributed by atoms with Gasteiger partial charge in [-0.1, -0.05) is 29.3 Å². The minimum absolute atomic E-state index is 0.163. The molecule has 5 nitrogen and oxygen atoms in total. The number of carbonyl (C=O) groups is 1. The zero-order valence-corrected chi connectivity index (χ0v) is 13.1. The van der Waals surface area contributed by atoms with Crippen molar-refractivity contribution in [3.8, 4) is 0 Å². The Morgan fingerprint density at radius 2 is 2.05 bits per heavy atom. The van der Waals surface area contributed by atoms with Crippen LogP contribution in [-0.2, 0) is 0 Å². The summed E-state index contributed by atoms with van der Waals surface area (Å²) in [4.78, 5) is 16.1. The molecule has 0 aliphatic carbocycles. The van der Waals surface area contributed by atoms with Crippen LogP contribution in [-0.4, -0.2) is 10.9 Å². The largest absolute Gasteiger partial charge is 0.321 e. The number of rotatable bonds is 3. The molecule has 1 heterocycles. The standard InChI is InChI=1S/C12H9BrCl2N4O/c13-11-7(14)2-1-3-8(11)17-12(20)6-4-9(15)18-10(5-6)19-16/h1-5H,16H2,(H,17,20)(H,18,19). The summed E-state index contributed by atoms with van der Waals surface area (Å²) in [7, 11) is 0. The highest BCUT2D eigenvalue weighted by Crippen LogP contribution is 2.30. The number of nitrogen functional groups attached to an aromatic ring is 1. The van der Waals surface area contributed by atoms with Crippen molar-refractivity contribution in [1.82, 2.24) is 4.98 Å². The van der Waals surface area contributed by atoms with Crippen LogP contribution in [0.3, 0.4) is 0 Å². The van der Waals surface area contributed by atoms with Crippen molar-refractivity contribution in [3.05, 3.63) is 50.5 Å². The Balaban J connectivity index is 2.28. The highest BCUT2D eigenvalue weighted by molar-refractivity contribution is 9.10. The second-order valence-electron chi connectivity index (χ2n) is 3.76. The third-order valence-electron chi connectivity index (χ3n) is 2.40. The first-order valence-corrected chi connectivity index (χ1v) is 6.95. The number of halogens is 3. The van der Waals surface area contributed by atoms with Gasteiger partial charge in [-0.15, -0.1) is 0 Å². The molecule has 2 aromatic rings. The first kappa shape index (κ1) is 15.1. The Hall–Kier alpha value is -1.34. The molecule has 2 rings (SSSR count). The lowest BCUT2D eigenvalue weighted by atomic mass is 10.2. The van der Waals surface area contributed by atoms with E-state index in [1.807, 2.05) is 0 Å². The number of nitrogens with zero attached hydrogens (tertiary/aromatic N) is 1. The number of pyridine rings is 1. The van der Waals surface area contributed by atoms with Gasteiger partial charge in [-0.05, 0) is 40.2 Å². The molecule has 0 bridgehead atoms. The first-order chi connectivity index (χ1) is 9.51. The van der Waals surface area contributed by atoms with Crippen LogP contribution in [0.2, 0.25) is 10.2 Å². The van der Waals surface area contributed by atoms with Gasteiger partial charge in [0.05, 0.1) is 15.2 Å². The number of anilines is 2. The van der Waals surface area contributed by atoms with Crippen molar-refractivity contribution in [2.24, 2.45) is 5.84 Å². The number of nitrogens with one attached hydrogen (secondary N) is 2. The predicted molar refractivity (Wildman–Crippen MR) is 84.2 cm³/mol. The number of nitrogens with two attached hydrogens (primary N) is 1. The molecule has 0 saturated carbocycles.